The number of hydrogen-bond acceptors (Lipinski definition) is 3. The topological polar surface area (TPSA) is 59.6 Å². The van der Waals surface area contributed by atoms with Crippen LogP contribution in [0.2, 0.25) is 0 Å². The number of nitrogens with zero attached hydrogens (tertiary/aromatic N) is 4. The molecule has 0 saturated heterocycles. The Morgan fingerprint density at radius 2 is 1.96 bits per heavy atom. The molecule has 1 amide bonds. The van der Waals surface area contributed by atoms with E-state index in [4.69, 9.17) is 0 Å². The summed E-state index contributed by atoms with van der Waals surface area (Å²) in [5, 5.41) is 4.22. The number of carbonyl (C=O) groups excluding carboxylic acids is 1. The highest BCUT2D eigenvalue weighted by Gasteiger charge is 2.23. The van der Waals surface area contributed by atoms with Gasteiger partial charge < -0.3 is 4.90 Å². The van der Waals surface area contributed by atoms with Crippen molar-refractivity contribution in [1.82, 2.24) is 14.2 Å². The molecule has 0 aliphatic carbocycles. The van der Waals surface area contributed by atoms with Gasteiger partial charge in [0, 0.05) is 18.4 Å². The number of benzene rings is 1. The van der Waals surface area contributed by atoms with E-state index in [1.807, 2.05) is 30.3 Å². The summed E-state index contributed by atoms with van der Waals surface area (Å²) in [6, 6.07) is 13.3. The summed E-state index contributed by atoms with van der Waals surface area (Å²) in [7, 11) is 0. The quantitative estimate of drug-likeness (QED) is 0.720. The molecule has 6 nitrogen and oxygen atoms in total. The second-order valence-electron chi connectivity index (χ2n) is 5.65. The van der Waals surface area contributed by atoms with Gasteiger partial charge >= 0.3 is 5.69 Å². The fraction of sp³-hybridized carbons (Fsp3) is 0.235. The Balaban J connectivity index is 1.66. The summed E-state index contributed by atoms with van der Waals surface area (Å²) in [4.78, 5) is 26.7. The molecule has 0 bridgehead atoms. The molecule has 6 heteroatoms. The summed E-state index contributed by atoms with van der Waals surface area (Å²) in [6.45, 7) is 0.632. The molecule has 0 saturated carbocycles. The molecule has 4 rings (SSSR count). The van der Waals surface area contributed by atoms with Crippen LogP contribution in [0.15, 0.2) is 53.5 Å². The molecule has 1 aliphatic heterocycles. The van der Waals surface area contributed by atoms with Crippen LogP contribution in [0.1, 0.15) is 12.0 Å². The normalized spacial score (nSPS) is 14.0. The lowest BCUT2D eigenvalue weighted by Crippen LogP contribution is -2.39. The van der Waals surface area contributed by atoms with E-state index >= 15 is 0 Å². The van der Waals surface area contributed by atoms with Crippen molar-refractivity contribution in [3.8, 4) is 0 Å². The average molecular weight is 308 g/mol. The van der Waals surface area contributed by atoms with Gasteiger partial charge in [-0.25, -0.2) is 9.48 Å². The summed E-state index contributed by atoms with van der Waals surface area (Å²) < 4.78 is 2.67. The van der Waals surface area contributed by atoms with Gasteiger partial charge in [-0.3, -0.25) is 9.20 Å². The molecule has 1 aromatic carbocycles. The molecular formula is C17H16N4O2. The van der Waals surface area contributed by atoms with Crippen molar-refractivity contribution in [1.29, 1.82) is 0 Å². The number of aryl methyl sites for hydroxylation is 1. The van der Waals surface area contributed by atoms with Gasteiger partial charge in [0.1, 0.15) is 6.54 Å². The number of pyridine rings is 1. The van der Waals surface area contributed by atoms with Crippen LogP contribution in [0.25, 0.3) is 5.65 Å². The predicted octanol–water partition coefficient (Wildman–Crippen LogP) is 1.48. The molecule has 0 fully saturated rings. The van der Waals surface area contributed by atoms with Crippen LogP contribution in [-0.4, -0.2) is 26.6 Å². The number of carbonyl (C=O) groups is 1. The second-order valence-corrected chi connectivity index (χ2v) is 5.65. The van der Waals surface area contributed by atoms with Crippen LogP contribution in [0.3, 0.4) is 0 Å². The van der Waals surface area contributed by atoms with Crippen molar-refractivity contribution >= 4 is 17.2 Å². The largest absolute Gasteiger partial charge is 0.350 e. The van der Waals surface area contributed by atoms with Crippen LogP contribution < -0.4 is 10.6 Å². The number of hydrogen-bond donors (Lipinski definition) is 0. The van der Waals surface area contributed by atoms with E-state index in [9.17, 15) is 9.59 Å². The van der Waals surface area contributed by atoms with Crippen molar-refractivity contribution in [2.75, 3.05) is 11.4 Å². The number of fused-ring (bicyclic) bond motifs is 2. The summed E-state index contributed by atoms with van der Waals surface area (Å²) in [5.74, 6) is -0.109. The zero-order valence-corrected chi connectivity index (χ0v) is 12.6. The van der Waals surface area contributed by atoms with Gasteiger partial charge in [-0.2, -0.15) is 0 Å². The molecule has 3 aromatic rings. The Hall–Kier alpha value is -2.89. The van der Waals surface area contributed by atoms with Crippen molar-refractivity contribution in [2.45, 2.75) is 19.4 Å². The highest BCUT2D eigenvalue weighted by Crippen LogP contribution is 2.26. The lowest BCUT2D eigenvalue weighted by molar-refractivity contribution is -0.119. The Morgan fingerprint density at radius 1 is 1.13 bits per heavy atom. The van der Waals surface area contributed by atoms with E-state index in [-0.39, 0.29) is 18.1 Å². The molecule has 0 atom stereocenters. The third-order valence-corrected chi connectivity index (χ3v) is 4.18. The first kappa shape index (κ1) is 13.8. The van der Waals surface area contributed by atoms with Crippen LogP contribution in [-0.2, 0) is 17.8 Å². The summed E-state index contributed by atoms with van der Waals surface area (Å²) >= 11 is 0. The number of aromatic nitrogens is 3. The van der Waals surface area contributed by atoms with Crippen LogP contribution in [0.4, 0.5) is 5.69 Å². The van der Waals surface area contributed by atoms with Gasteiger partial charge in [-0.1, -0.05) is 24.3 Å². The maximum absolute atomic E-state index is 12.7. The van der Waals surface area contributed by atoms with E-state index in [0.717, 1.165) is 18.5 Å². The van der Waals surface area contributed by atoms with Crippen LogP contribution in [0.5, 0.6) is 0 Å². The van der Waals surface area contributed by atoms with Gasteiger partial charge in [-0.15, -0.1) is 5.10 Å². The molecule has 23 heavy (non-hydrogen) atoms. The summed E-state index contributed by atoms with van der Waals surface area (Å²) in [5.41, 5.74) is 2.37. The maximum atomic E-state index is 12.7. The highest BCUT2D eigenvalue weighted by molar-refractivity contribution is 5.94. The van der Waals surface area contributed by atoms with E-state index in [2.05, 4.69) is 5.10 Å². The lowest BCUT2D eigenvalue weighted by atomic mass is 10.0. The average Bonchev–Trinajstić information content (AvgIpc) is 2.90. The minimum Gasteiger partial charge on any atom is -0.311 e. The van der Waals surface area contributed by atoms with Crippen molar-refractivity contribution in [3.05, 3.63) is 64.7 Å². The smallest absolute Gasteiger partial charge is 0.311 e. The molecule has 2 aromatic heterocycles. The Labute approximate surface area is 132 Å². The van der Waals surface area contributed by atoms with E-state index < -0.39 is 0 Å². The SMILES string of the molecule is O=C(Cn1nc2ccccn2c1=O)N1CCCc2ccccc21. The molecule has 0 unspecified atom stereocenters. The minimum atomic E-state index is -0.292. The minimum absolute atomic E-state index is 0.0468. The lowest BCUT2D eigenvalue weighted by Gasteiger charge is -2.29. The van der Waals surface area contributed by atoms with Gasteiger partial charge in [0.05, 0.1) is 0 Å². The van der Waals surface area contributed by atoms with E-state index in [1.165, 1.54) is 14.6 Å². The molecule has 0 spiro atoms. The number of amides is 1. The van der Waals surface area contributed by atoms with Crippen molar-refractivity contribution in [3.63, 3.8) is 0 Å². The fourth-order valence-electron chi connectivity index (χ4n) is 3.08. The van der Waals surface area contributed by atoms with Gasteiger partial charge in [0.15, 0.2) is 5.65 Å². The van der Waals surface area contributed by atoms with E-state index in [0.29, 0.717) is 12.2 Å². The second kappa shape index (κ2) is 5.39. The Morgan fingerprint density at radius 3 is 2.83 bits per heavy atom. The highest BCUT2D eigenvalue weighted by atomic mass is 16.2. The zero-order valence-electron chi connectivity index (χ0n) is 12.6. The first-order chi connectivity index (χ1) is 11.2. The third kappa shape index (κ3) is 2.32. The molecule has 116 valence electrons. The van der Waals surface area contributed by atoms with Crippen LogP contribution in [0, 0.1) is 0 Å². The van der Waals surface area contributed by atoms with Crippen molar-refractivity contribution < 1.29 is 4.79 Å². The standard InChI is InChI=1S/C17H16N4O2/c22-16(19-11-5-7-13-6-1-2-8-14(13)19)12-21-17(23)20-10-4-3-9-15(20)18-21/h1-4,6,8-10H,5,7,11-12H2. The number of para-hydroxylation sites is 1. The maximum Gasteiger partial charge on any atom is 0.350 e. The molecule has 0 N–H and O–H groups in total. The zero-order chi connectivity index (χ0) is 15.8. The van der Waals surface area contributed by atoms with Crippen LogP contribution >= 0.6 is 0 Å². The van der Waals surface area contributed by atoms with Gasteiger partial charge in [0.2, 0.25) is 5.91 Å². The molecule has 3 heterocycles. The summed E-state index contributed by atoms with van der Waals surface area (Å²) in [6.07, 6.45) is 3.57. The number of anilines is 1. The monoisotopic (exact) mass is 308 g/mol. The Kier molecular flexibility index (Phi) is 3.22. The van der Waals surface area contributed by atoms with Gasteiger partial charge in [-0.05, 0) is 36.6 Å². The molecule has 0 radical (unpaired) electrons. The van der Waals surface area contributed by atoms with Gasteiger partial charge in [0.25, 0.3) is 0 Å². The number of rotatable bonds is 2. The molecule has 1 aliphatic rings. The van der Waals surface area contributed by atoms with Crippen molar-refractivity contribution in [2.24, 2.45) is 0 Å². The third-order valence-electron chi connectivity index (χ3n) is 4.18. The first-order valence-corrected chi connectivity index (χ1v) is 7.66. The first-order valence-electron chi connectivity index (χ1n) is 7.66. The predicted molar refractivity (Wildman–Crippen MR) is 86.6 cm³/mol. The molecular weight excluding hydrogens is 292 g/mol. The Bertz CT molecular complexity index is 941. The van der Waals surface area contributed by atoms with E-state index in [1.54, 1.807) is 23.2 Å². The fourth-order valence-corrected chi connectivity index (χ4v) is 3.08.